The minimum Gasteiger partial charge on any atom is -0.326 e. The second-order valence-corrected chi connectivity index (χ2v) is 6.22. The van der Waals surface area contributed by atoms with Gasteiger partial charge in [-0.25, -0.2) is 0 Å². The van der Waals surface area contributed by atoms with Crippen molar-refractivity contribution >= 4 is 0 Å². The van der Waals surface area contributed by atoms with E-state index in [4.69, 9.17) is 5.73 Å². The Balaban J connectivity index is 2.40. The van der Waals surface area contributed by atoms with Crippen LogP contribution in [0.15, 0.2) is 0 Å². The van der Waals surface area contributed by atoms with Gasteiger partial charge in [0.2, 0.25) is 0 Å². The van der Waals surface area contributed by atoms with Crippen LogP contribution >= 0.6 is 0 Å². The molecule has 2 atom stereocenters. The molecule has 1 rings (SSSR count). The SMILES string of the molecule is CCC(C)C(N)CN(C)CC1(N(C)C)CCC1. The summed E-state index contributed by atoms with van der Waals surface area (Å²) in [4.78, 5) is 4.83. The van der Waals surface area contributed by atoms with Crippen molar-refractivity contribution in [2.75, 3.05) is 34.2 Å². The highest BCUT2D eigenvalue weighted by molar-refractivity contribution is 4.98. The smallest absolute Gasteiger partial charge is 0.0330 e. The Morgan fingerprint density at radius 2 is 1.82 bits per heavy atom. The number of likely N-dealkylation sites (N-methyl/N-ethyl adjacent to an activating group) is 2. The van der Waals surface area contributed by atoms with Gasteiger partial charge < -0.3 is 15.5 Å². The zero-order valence-corrected chi connectivity index (χ0v) is 12.4. The van der Waals surface area contributed by atoms with Crippen molar-refractivity contribution < 1.29 is 0 Å². The largest absolute Gasteiger partial charge is 0.326 e. The molecule has 0 heterocycles. The fourth-order valence-corrected chi connectivity index (χ4v) is 2.74. The van der Waals surface area contributed by atoms with Crippen molar-refractivity contribution in [3.63, 3.8) is 0 Å². The fraction of sp³-hybridized carbons (Fsp3) is 1.00. The molecule has 0 spiro atoms. The molecule has 0 aliphatic heterocycles. The van der Waals surface area contributed by atoms with E-state index in [0.29, 0.717) is 17.5 Å². The molecule has 1 aliphatic carbocycles. The van der Waals surface area contributed by atoms with E-state index in [1.807, 2.05) is 0 Å². The lowest BCUT2D eigenvalue weighted by Gasteiger charge is -2.49. The van der Waals surface area contributed by atoms with Gasteiger partial charge in [0.1, 0.15) is 0 Å². The third kappa shape index (κ3) is 3.67. The van der Waals surface area contributed by atoms with Gasteiger partial charge in [-0.2, -0.15) is 0 Å². The van der Waals surface area contributed by atoms with Crippen LogP contribution in [0.2, 0.25) is 0 Å². The van der Waals surface area contributed by atoms with E-state index in [1.165, 1.54) is 25.7 Å². The first-order valence-electron chi connectivity index (χ1n) is 7.03. The van der Waals surface area contributed by atoms with E-state index >= 15 is 0 Å². The highest BCUT2D eigenvalue weighted by Crippen LogP contribution is 2.36. The van der Waals surface area contributed by atoms with E-state index in [2.05, 4.69) is 44.8 Å². The number of hydrogen-bond acceptors (Lipinski definition) is 3. The van der Waals surface area contributed by atoms with Gasteiger partial charge in [0, 0.05) is 24.7 Å². The molecule has 0 bridgehead atoms. The Bertz CT molecular complexity index is 224. The van der Waals surface area contributed by atoms with Crippen LogP contribution in [0.3, 0.4) is 0 Å². The van der Waals surface area contributed by atoms with Gasteiger partial charge >= 0.3 is 0 Å². The average Bonchev–Trinajstić information content (AvgIpc) is 2.21. The standard InChI is InChI=1S/C14H31N3/c1-6-12(2)13(15)10-17(5)11-14(16(3)4)8-7-9-14/h12-13H,6-11,15H2,1-5H3. The summed E-state index contributed by atoms with van der Waals surface area (Å²) in [6, 6.07) is 0.310. The predicted octanol–water partition coefficient (Wildman–Crippen LogP) is 1.78. The molecule has 1 fully saturated rings. The van der Waals surface area contributed by atoms with E-state index in [1.54, 1.807) is 0 Å². The van der Waals surface area contributed by atoms with Crippen LogP contribution in [-0.4, -0.2) is 55.6 Å². The Morgan fingerprint density at radius 3 is 2.18 bits per heavy atom. The molecule has 0 radical (unpaired) electrons. The molecule has 1 aliphatic rings. The summed E-state index contributed by atoms with van der Waals surface area (Å²) < 4.78 is 0. The molecule has 2 N–H and O–H groups in total. The maximum absolute atomic E-state index is 6.23. The van der Waals surface area contributed by atoms with Crippen molar-refractivity contribution in [1.29, 1.82) is 0 Å². The summed E-state index contributed by atoms with van der Waals surface area (Å²) in [6.45, 7) is 6.65. The lowest BCUT2D eigenvalue weighted by Crippen LogP contribution is -2.57. The van der Waals surface area contributed by atoms with E-state index in [-0.39, 0.29) is 0 Å². The van der Waals surface area contributed by atoms with E-state index in [9.17, 15) is 0 Å². The van der Waals surface area contributed by atoms with Gasteiger partial charge in [0.25, 0.3) is 0 Å². The predicted molar refractivity (Wildman–Crippen MR) is 75.2 cm³/mol. The third-order valence-electron chi connectivity index (χ3n) is 4.69. The Morgan fingerprint density at radius 1 is 1.24 bits per heavy atom. The zero-order chi connectivity index (χ0) is 13.1. The quantitative estimate of drug-likeness (QED) is 0.737. The van der Waals surface area contributed by atoms with Crippen molar-refractivity contribution in [2.45, 2.75) is 51.1 Å². The summed E-state index contributed by atoms with van der Waals surface area (Å²) in [7, 11) is 6.63. The fourth-order valence-electron chi connectivity index (χ4n) is 2.74. The lowest BCUT2D eigenvalue weighted by molar-refractivity contribution is 0.0252. The molecule has 2 unspecified atom stereocenters. The Kier molecular flexibility index (Phi) is 5.42. The van der Waals surface area contributed by atoms with Crippen LogP contribution in [0.1, 0.15) is 39.5 Å². The number of hydrogen-bond donors (Lipinski definition) is 1. The number of rotatable bonds is 7. The molecule has 3 nitrogen and oxygen atoms in total. The highest BCUT2D eigenvalue weighted by Gasteiger charge is 2.39. The van der Waals surface area contributed by atoms with Crippen molar-refractivity contribution in [3.8, 4) is 0 Å². The summed E-state index contributed by atoms with van der Waals surface area (Å²) in [5.74, 6) is 0.620. The first-order valence-corrected chi connectivity index (χ1v) is 7.03. The molecule has 17 heavy (non-hydrogen) atoms. The van der Waals surface area contributed by atoms with E-state index < -0.39 is 0 Å². The summed E-state index contributed by atoms with van der Waals surface area (Å²) in [5, 5.41) is 0. The zero-order valence-electron chi connectivity index (χ0n) is 12.4. The van der Waals surface area contributed by atoms with Gasteiger partial charge in [-0.15, -0.1) is 0 Å². The molecule has 0 aromatic carbocycles. The van der Waals surface area contributed by atoms with Gasteiger partial charge in [-0.3, -0.25) is 0 Å². The minimum absolute atomic E-state index is 0.310. The summed E-state index contributed by atoms with van der Waals surface area (Å²) >= 11 is 0. The lowest BCUT2D eigenvalue weighted by atomic mass is 9.75. The minimum atomic E-state index is 0.310. The molecule has 3 heteroatoms. The van der Waals surface area contributed by atoms with Crippen LogP contribution < -0.4 is 5.73 Å². The van der Waals surface area contributed by atoms with Crippen LogP contribution in [-0.2, 0) is 0 Å². The second-order valence-electron chi connectivity index (χ2n) is 6.22. The van der Waals surface area contributed by atoms with Crippen LogP contribution in [0, 0.1) is 5.92 Å². The average molecular weight is 241 g/mol. The van der Waals surface area contributed by atoms with Crippen LogP contribution in [0.25, 0.3) is 0 Å². The summed E-state index contributed by atoms with van der Waals surface area (Å²) in [5.41, 5.74) is 6.65. The maximum atomic E-state index is 6.23. The molecule has 0 saturated heterocycles. The van der Waals surface area contributed by atoms with Crippen molar-refractivity contribution in [2.24, 2.45) is 11.7 Å². The Labute approximate surface area is 107 Å². The van der Waals surface area contributed by atoms with Crippen molar-refractivity contribution in [3.05, 3.63) is 0 Å². The number of nitrogens with two attached hydrogens (primary N) is 1. The Hall–Kier alpha value is -0.120. The maximum Gasteiger partial charge on any atom is 0.0330 e. The van der Waals surface area contributed by atoms with Gasteiger partial charge in [-0.1, -0.05) is 20.3 Å². The van der Waals surface area contributed by atoms with Crippen LogP contribution in [0.4, 0.5) is 0 Å². The molecular formula is C14H31N3. The monoisotopic (exact) mass is 241 g/mol. The first-order chi connectivity index (χ1) is 7.91. The van der Waals surface area contributed by atoms with E-state index in [0.717, 1.165) is 13.1 Å². The first kappa shape index (κ1) is 14.9. The molecule has 1 saturated carbocycles. The molecular weight excluding hydrogens is 210 g/mol. The highest BCUT2D eigenvalue weighted by atomic mass is 15.2. The molecule has 0 amide bonds. The van der Waals surface area contributed by atoms with Gasteiger partial charge in [0.15, 0.2) is 0 Å². The van der Waals surface area contributed by atoms with Gasteiger partial charge in [-0.05, 0) is 46.3 Å². The third-order valence-corrected chi connectivity index (χ3v) is 4.69. The molecule has 102 valence electrons. The molecule has 0 aromatic heterocycles. The van der Waals surface area contributed by atoms with Crippen molar-refractivity contribution in [1.82, 2.24) is 9.80 Å². The second kappa shape index (κ2) is 6.17. The number of nitrogens with zero attached hydrogens (tertiary/aromatic N) is 2. The molecule has 0 aromatic rings. The topological polar surface area (TPSA) is 32.5 Å². The van der Waals surface area contributed by atoms with Gasteiger partial charge in [0.05, 0.1) is 0 Å². The normalized spacial score (nSPS) is 22.6. The van der Waals surface area contributed by atoms with Crippen LogP contribution in [0.5, 0.6) is 0 Å². The summed E-state index contributed by atoms with van der Waals surface area (Å²) in [6.07, 6.45) is 5.23.